The molecule has 1 unspecified atom stereocenters. The van der Waals surface area contributed by atoms with E-state index in [4.69, 9.17) is 4.74 Å². The van der Waals surface area contributed by atoms with Gasteiger partial charge in [0.2, 0.25) is 0 Å². The molecule has 1 amide bonds. The van der Waals surface area contributed by atoms with Gasteiger partial charge in [0.1, 0.15) is 6.10 Å². The monoisotopic (exact) mass is 289 g/mol. The van der Waals surface area contributed by atoms with E-state index in [1.54, 1.807) is 17.0 Å². The smallest absolute Gasteiger partial charge is 0.336 e. The maximum atomic E-state index is 12.5. The lowest BCUT2D eigenvalue weighted by Gasteiger charge is -2.33. The Hall–Kier alpha value is -1.88. The number of fused-ring (bicyclic) bond motifs is 1. The molecule has 1 aromatic rings. The number of carbonyl (C=O) groups excluding carboxylic acids is 1. The van der Waals surface area contributed by atoms with Gasteiger partial charge in [-0.05, 0) is 42.9 Å². The summed E-state index contributed by atoms with van der Waals surface area (Å²) < 4.78 is 5.55. The van der Waals surface area contributed by atoms with E-state index >= 15 is 0 Å². The van der Waals surface area contributed by atoms with E-state index in [1.807, 2.05) is 6.07 Å². The summed E-state index contributed by atoms with van der Waals surface area (Å²) in [5, 5.41) is 9.29. The van der Waals surface area contributed by atoms with Crippen LogP contribution < -0.4 is 0 Å². The fourth-order valence-corrected chi connectivity index (χ4v) is 3.11. The number of nitrogens with zero attached hydrogens (tertiary/aromatic N) is 1. The number of hydrogen-bond donors (Lipinski definition) is 1. The number of ether oxygens (including phenoxy) is 1. The third kappa shape index (κ3) is 2.78. The van der Waals surface area contributed by atoms with E-state index in [0.717, 1.165) is 30.4 Å². The molecule has 1 saturated heterocycles. The highest BCUT2D eigenvalue weighted by Crippen LogP contribution is 2.25. The molecular formula is C16H19NO4. The minimum atomic E-state index is -0.935. The van der Waals surface area contributed by atoms with Crippen LogP contribution in [0.25, 0.3) is 0 Å². The van der Waals surface area contributed by atoms with E-state index in [9.17, 15) is 14.7 Å². The summed E-state index contributed by atoms with van der Waals surface area (Å²) in [6, 6.07) is 5.32. The highest BCUT2D eigenvalue weighted by molar-refractivity contribution is 5.90. The molecule has 1 N–H and O–H groups in total. The Balaban J connectivity index is 1.80. The molecule has 21 heavy (non-hydrogen) atoms. The second kappa shape index (κ2) is 5.85. The first-order chi connectivity index (χ1) is 10.2. The van der Waals surface area contributed by atoms with E-state index < -0.39 is 5.97 Å². The van der Waals surface area contributed by atoms with Gasteiger partial charge in [-0.2, -0.15) is 0 Å². The van der Waals surface area contributed by atoms with Crippen molar-refractivity contribution >= 4 is 11.9 Å². The van der Waals surface area contributed by atoms with Gasteiger partial charge < -0.3 is 14.7 Å². The second-order valence-electron chi connectivity index (χ2n) is 5.61. The number of carbonyl (C=O) groups is 2. The molecule has 0 saturated carbocycles. The highest BCUT2D eigenvalue weighted by Gasteiger charge is 2.30. The van der Waals surface area contributed by atoms with Crippen molar-refractivity contribution in [2.24, 2.45) is 0 Å². The van der Waals surface area contributed by atoms with Gasteiger partial charge in [-0.3, -0.25) is 4.79 Å². The lowest BCUT2D eigenvalue weighted by atomic mass is 9.94. The van der Waals surface area contributed by atoms with Crippen molar-refractivity contribution in [3.8, 4) is 0 Å². The molecule has 0 aliphatic carbocycles. The zero-order chi connectivity index (χ0) is 14.8. The Bertz CT molecular complexity index is 563. The normalized spacial score (nSPS) is 21.7. The summed E-state index contributed by atoms with van der Waals surface area (Å²) in [6.45, 7) is 1.65. The molecule has 2 aliphatic heterocycles. The van der Waals surface area contributed by atoms with Crippen LogP contribution in [0.5, 0.6) is 0 Å². The van der Waals surface area contributed by atoms with Gasteiger partial charge in [-0.25, -0.2) is 4.79 Å². The molecule has 1 aromatic carbocycles. The van der Waals surface area contributed by atoms with Gasteiger partial charge in [-0.15, -0.1) is 0 Å². The number of benzene rings is 1. The molecule has 5 nitrogen and oxygen atoms in total. The number of hydrogen-bond acceptors (Lipinski definition) is 3. The van der Waals surface area contributed by atoms with Gasteiger partial charge in [-0.1, -0.05) is 12.1 Å². The van der Waals surface area contributed by atoms with Crippen molar-refractivity contribution in [3.05, 3.63) is 34.9 Å². The lowest BCUT2D eigenvalue weighted by Crippen LogP contribution is -2.44. The first kappa shape index (κ1) is 14.1. The summed E-state index contributed by atoms with van der Waals surface area (Å²) in [6.07, 6.45) is 3.14. The molecule has 3 rings (SSSR count). The zero-order valence-corrected chi connectivity index (χ0v) is 11.9. The van der Waals surface area contributed by atoms with Gasteiger partial charge in [0.25, 0.3) is 5.91 Å². The molecule has 0 bridgehead atoms. The molecule has 2 aliphatic rings. The van der Waals surface area contributed by atoms with Crippen LogP contribution in [0.3, 0.4) is 0 Å². The molecule has 5 heteroatoms. The van der Waals surface area contributed by atoms with Crippen LogP contribution in [0.2, 0.25) is 0 Å². The van der Waals surface area contributed by atoms with Crippen LogP contribution in [-0.2, 0) is 22.5 Å². The highest BCUT2D eigenvalue weighted by atomic mass is 16.5. The topological polar surface area (TPSA) is 66.8 Å². The van der Waals surface area contributed by atoms with Crippen molar-refractivity contribution in [3.63, 3.8) is 0 Å². The average molecular weight is 289 g/mol. The van der Waals surface area contributed by atoms with Gasteiger partial charge in [0, 0.05) is 19.7 Å². The molecule has 1 fully saturated rings. The summed E-state index contributed by atoms with van der Waals surface area (Å²) in [7, 11) is 0. The summed E-state index contributed by atoms with van der Waals surface area (Å²) in [4.78, 5) is 25.6. The van der Waals surface area contributed by atoms with Crippen LogP contribution in [0.4, 0.5) is 0 Å². The SMILES string of the molecule is O=C(O)c1cccc2c1CN(C(=O)C1CCCCO1)CC2. The van der Waals surface area contributed by atoms with Crippen LogP contribution in [-0.4, -0.2) is 41.1 Å². The molecule has 2 heterocycles. The number of amides is 1. The second-order valence-corrected chi connectivity index (χ2v) is 5.61. The Morgan fingerprint density at radius 3 is 2.86 bits per heavy atom. The van der Waals surface area contributed by atoms with Gasteiger partial charge in [0.05, 0.1) is 5.56 Å². The van der Waals surface area contributed by atoms with E-state index in [0.29, 0.717) is 31.7 Å². The van der Waals surface area contributed by atoms with Gasteiger partial charge >= 0.3 is 5.97 Å². The maximum Gasteiger partial charge on any atom is 0.336 e. The molecule has 112 valence electrons. The van der Waals surface area contributed by atoms with E-state index in [2.05, 4.69) is 0 Å². The number of aromatic carboxylic acids is 1. The first-order valence-corrected chi connectivity index (χ1v) is 7.41. The number of carboxylic acids is 1. The summed E-state index contributed by atoms with van der Waals surface area (Å²) in [5.74, 6) is -0.935. The Kier molecular flexibility index (Phi) is 3.92. The third-order valence-corrected chi connectivity index (χ3v) is 4.27. The molecular weight excluding hydrogens is 270 g/mol. The van der Waals surface area contributed by atoms with E-state index in [1.165, 1.54) is 0 Å². The maximum absolute atomic E-state index is 12.5. The van der Waals surface area contributed by atoms with Crippen molar-refractivity contribution < 1.29 is 19.4 Å². The average Bonchev–Trinajstić information content (AvgIpc) is 2.53. The molecule has 0 aromatic heterocycles. The lowest BCUT2D eigenvalue weighted by molar-refractivity contribution is -0.147. The minimum absolute atomic E-state index is 0.000502. The fraction of sp³-hybridized carbons (Fsp3) is 0.500. The Morgan fingerprint density at radius 1 is 1.29 bits per heavy atom. The van der Waals surface area contributed by atoms with Crippen molar-refractivity contribution in [1.29, 1.82) is 0 Å². The fourth-order valence-electron chi connectivity index (χ4n) is 3.11. The minimum Gasteiger partial charge on any atom is -0.478 e. The predicted molar refractivity (Wildman–Crippen MR) is 76.1 cm³/mol. The molecule has 1 atom stereocenters. The molecule has 0 radical (unpaired) electrons. The number of carboxylic acid groups (broad SMARTS) is 1. The Morgan fingerprint density at radius 2 is 2.14 bits per heavy atom. The van der Waals surface area contributed by atoms with Crippen molar-refractivity contribution in [2.75, 3.05) is 13.2 Å². The third-order valence-electron chi connectivity index (χ3n) is 4.27. The summed E-state index contributed by atoms with van der Waals surface area (Å²) in [5.41, 5.74) is 2.10. The van der Waals surface area contributed by atoms with Crippen LogP contribution >= 0.6 is 0 Å². The molecule has 0 spiro atoms. The van der Waals surface area contributed by atoms with Crippen LogP contribution in [0.1, 0.15) is 40.7 Å². The Labute approximate surface area is 123 Å². The zero-order valence-electron chi connectivity index (χ0n) is 11.9. The number of rotatable bonds is 2. The quantitative estimate of drug-likeness (QED) is 0.902. The largest absolute Gasteiger partial charge is 0.478 e. The van der Waals surface area contributed by atoms with Gasteiger partial charge in [0.15, 0.2) is 0 Å². The first-order valence-electron chi connectivity index (χ1n) is 7.41. The van der Waals surface area contributed by atoms with Crippen molar-refractivity contribution in [1.82, 2.24) is 4.90 Å². The van der Waals surface area contributed by atoms with Crippen LogP contribution in [0, 0.1) is 0 Å². The standard InChI is InChI=1S/C16H19NO4/c18-15(14-6-1-2-9-21-14)17-8-7-11-4-3-5-12(16(19)20)13(11)10-17/h3-5,14H,1-2,6-10H2,(H,19,20). The van der Waals surface area contributed by atoms with Crippen molar-refractivity contribution in [2.45, 2.75) is 38.3 Å². The van der Waals surface area contributed by atoms with E-state index in [-0.39, 0.29) is 12.0 Å². The summed E-state index contributed by atoms with van der Waals surface area (Å²) >= 11 is 0. The van der Waals surface area contributed by atoms with Crippen LogP contribution in [0.15, 0.2) is 18.2 Å². The predicted octanol–water partition coefficient (Wildman–Crippen LogP) is 1.84.